The maximum atomic E-state index is 2.57. The summed E-state index contributed by atoms with van der Waals surface area (Å²) in [6, 6.07) is 12.1. The molecule has 0 N–H and O–H groups in total. The minimum atomic E-state index is -1.21. The van der Waals surface area contributed by atoms with E-state index in [1.54, 1.807) is 5.57 Å². The maximum Gasteiger partial charge on any atom is 0.0759 e. The molecule has 0 amide bonds. The van der Waals surface area contributed by atoms with Crippen molar-refractivity contribution in [2.45, 2.75) is 79.4 Å². The van der Waals surface area contributed by atoms with E-state index < -0.39 is 8.07 Å². The molecule has 0 aliphatic heterocycles. The molecule has 1 aromatic carbocycles. The summed E-state index contributed by atoms with van der Waals surface area (Å²) < 4.78 is 0. The molecule has 0 aliphatic rings. The van der Waals surface area contributed by atoms with Crippen molar-refractivity contribution in [3.05, 3.63) is 58.8 Å². The van der Waals surface area contributed by atoms with E-state index in [1.165, 1.54) is 42.9 Å². The third-order valence-electron chi connectivity index (χ3n) is 3.92. The van der Waals surface area contributed by atoms with Crippen LogP contribution in [0.5, 0.6) is 0 Å². The standard InChI is InChI=1S/C15H24Si.C7H14.Pd/c1-5-9-14(2)12-16(3,4)13-15-10-7-6-8-11-15;1-4-6-7(3)5-2;/h6-8,10-12H,5,9,13H2,1-4H3;5H,4,6H2,1-3H3;/b14-12-;7-5-;. The molecule has 0 bridgehead atoms. The van der Waals surface area contributed by atoms with Gasteiger partial charge in [-0.2, -0.15) is 0 Å². The number of hydrogen-bond acceptors (Lipinski definition) is 0. The van der Waals surface area contributed by atoms with Crippen LogP contribution in [0.25, 0.3) is 0 Å². The zero-order valence-corrected chi connectivity index (χ0v) is 19.4. The first-order chi connectivity index (χ1) is 10.8. The number of hydrogen-bond donors (Lipinski definition) is 0. The van der Waals surface area contributed by atoms with Crippen LogP contribution in [0, 0.1) is 0 Å². The van der Waals surface area contributed by atoms with Crippen LogP contribution in [-0.4, -0.2) is 8.07 Å². The monoisotopic (exact) mass is 436 g/mol. The van der Waals surface area contributed by atoms with Crippen LogP contribution in [0.3, 0.4) is 0 Å². The SMILES string of the molecule is C/C=C(/C)CCC.CCC/C(C)=C\[Si](C)(C)Cc1ccccc1.[Pd]. The zero-order chi connectivity index (χ0) is 17.7. The van der Waals surface area contributed by atoms with E-state index in [-0.39, 0.29) is 20.4 Å². The van der Waals surface area contributed by atoms with Crippen LogP contribution < -0.4 is 0 Å². The van der Waals surface area contributed by atoms with Crippen molar-refractivity contribution in [2.75, 3.05) is 0 Å². The summed E-state index contributed by atoms with van der Waals surface area (Å²) in [4.78, 5) is 0. The average molecular weight is 437 g/mol. The molecule has 0 saturated carbocycles. The van der Waals surface area contributed by atoms with Crippen LogP contribution in [0.4, 0.5) is 0 Å². The quantitative estimate of drug-likeness (QED) is 0.306. The van der Waals surface area contributed by atoms with Crippen molar-refractivity contribution < 1.29 is 20.4 Å². The van der Waals surface area contributed by atoms with Gasteiger partial charge >= 0.3 is 0 Å². The minimum absolute atomic E-state index is 0. The fraction of sp³-hybridized carbons (Fsp3) is 0.545. The van der Waals surface area contributed by atoms with Crippen molar-refractivity contribution in [1.82, 2.24) is 0 Å². The first kappa shape index (κ1) is 25.8. The van der Waals surface area contributed by atoms with Gasteiger partial charge in [-0.3, -0.25) is 0 Å². The molecule has 24 heavy (non-hydrogen) atoms. The summed E-state index contributed by atoms with van der Waals surface area (Å²) in [7, 11) is -1.21. The van der Waals surface area contributed by atoms with E-state index in [0.29, 0.717) is 0 Å². The van der Waals surface area contributed by atoms with E-state index in [1.807, 2.05) is 0 Å². The van der Waals surface area contributed by atoms with E-state index in [0.717, 1.165) is 0 Å². The van der Waals surface area contributed by atoms with Gasteiger partial charge in [-0.15, -0.1) is 0 Å². The second-order valence-corrected chi connectivity index (χ2v) is 11.9. The van der Waals surface area contributed by atoms with E-state index >= 15 is 0 Å². The van der Waals surface area contributed by atoms with Crippen molar-refractivity contribution in [2.24, 2.45) is 0 Å². The van der Waals surface area contributed by atoms with Gasteiger partial charge in [0.1, 0.15) is 0 Å². The summed E-state index contributed by atoms with van der Waals surface area (Å²) in [5.74, 6) is 0. The average Bonchev–Trinajstić information content (AvgIpc) is 2.48. The third kappa shape index (κ3) is 14.0. The molecular formula is C22H38PdSi. The maximum absolute atomic E-state index is 2.57. The number of benzene rings is 1. The molecule has 2 heteroatoms. The molecule has 0 atom stereocenters. The predicted molar refractivity (Wildman–Crippen MR) is 111 cm³/mol. The Kier molecular flexibility index (Phi) is 16.0. The van der Waals surface area contributed by atoms with Gasteiger partial charge in [0.2, 0.25) is 0 Å². The minimum Gasteiger partial charge on any atom is -0.0955 e. The van der Waals surface area contributed by atoms with Crippen LogP contribution >= 0.6 is 0 Å². The van der Waals surface area contributed by atoms with Gasteiger partial charge < -0.3 is 0 Å². The third-order valence-corrected chi connectivity index (χ3v) is 6.51. The van der Waals surface area contributed by atoms with Gasteiger partial charge in [0.05, 0.1) is 8.07 Å². The zero-order valence-electron chi connectivity index (χ0n) is 16.9. The Morgan fingerprint density at radius 3 is 1.83 bits per heavy atom. The fourth-order valence-corrected chi connectivity index (χ4v) is 5.71. The van der Waals surface area contributed by atoms with Gasteiger partial charge in [0, 0.05) is 20.4 Å². The second-order valence-electron chi connectivity index (χ2n) is 7.28. The molecule has 0 radical (unpaired) electrons. The Bertz CT molecular complexity index is 472. The van der Waals surface area contributed by atoms with Crippen molar-refractivity contribution in [3.63, 3.8) is 0 Å². The Morgan fingerprint density at radius 1 is 0.917 bits per heavy atom. The van der Waals surface area contributed by atoms with Crippen LogP contribution in [0.2, 0.25) is 13.1 Å². The molecular weight excluding hydrogens is 399 g/mol. The first-order valence-electron chi connectivity index (χ1n) is 9.18. The van der Waals surface area contributed by atoms with Crippen LogP contribution in [-0.2, 0) is 26.5 Å². The van der Waals surface area contributed by atoms with E-state index in [9.17, 15) is 0 Å². The Balaban J connectivity index is 0. The molecule has 1 aromatic rings. The summed E-state index contributed by atoms with van der Waals surface area (Å²) >= 11 is 0. The van der Waals surface area contributed by atoms with Crippen molar-refractivity contribution >= 4 is 8.07 Å². The van der Waals surface area contributed by atoms with Crippen molar-refractivity contribution in [3.8, 4) is 0 Å². The van der Waals surface area contributed by atoms with Crippen molar-refractivity contribution in [1.29, 1.82) is 0 Å². The van der Waals surface area contributed by atoms with Crippen LogP contribution in [0.15, 0.2) is 53.3 Å². The number of allylic oxidation sites excluding steroid dienone is 3. The van der Waals surface area contributed by atoms with Gasteiger partial charge in [-0.1, -0.05) is 98.6 Å². The first-order valence-corrected chi connectivity index (χ1v) is 12.5. The van der Waals surface area contributed by atoms with E-state index in [2.05, 4.69) is 89.8 Å². The van der Waals surface area contributed by atoms with Gasteiger partial charge in [0.25, 0.3) is 0 Å². The smallest absolute Gasteiger partial charge is 0.0759 e. The Labute approximate surface area is 166 Å². The molecule has 0 heterocycles. The van der Waals surface area contributed by atoms with Crippen LogP contribution in [0.1, 0.15) is 65.9 Å². The summed E-state index contributed by atoms with van der Waals surface area (Å²) in [6.07, 6.45) is 7.22. The summed E-state index contributed by atoms with van der Waals surface area (Å²) in [6.45, 7) is 15.9. The predicted octanol–water partition coefficient (Wildman–Crippen LogP) is 7.51. The molecule has 0 saturated heterocycles. The van der Waals surface area contributed by atoms with E-state index in [4.69, 9.17) is 0 Å². The summed E-state index contributed by atoms with van der Waals surface area (Å²) in [5.41, 5.74) is 7.14. The molecule has 0 aromatic heterocycles. The molecule has 0 aliphatic carbocycles. The van der Waals surface area contributed by atoms with Gasteiger partial charge in [-0.05, 0) is 39.7 Å². The number of rotatable bonds is 7. The molecule has 0 fully saturated rings. The molecule has 0 nitrogen and oxygen atoms in total. The largest absolute Gasteiger partial charge is 0.0955 e. The normalized spacial score (nSPS) is 12.1. The molecule has 1 rings (SSSR count). The topological polar surface area (TPSA) is 0 Å². The van der Waals surface area contributed by atoms with Gasteiger partial charge in [-0.25, -0.2) is 0 Å². The fourth-order valence-electron chi connectivity index (χ4n) is 2.85. The molecule has 140 valence electrons. The summed E-state index contributed by atoms with van der Waals surface area (Å²) in [5, 5.41) is 0. The Hall–Kier alpha value is -0.421. The molecule has 0 unspecified atom stereocenters. The van der Waals surface area contributed by atoms with Gasteiger partial charge in [0.15, 0.2) is 0 Å². The molecule has 0 spiro atoms. The Morgan fingerprint density at radius 2 is 1.42 bits per heavy atom. The second kappa shape index (κ2) is 14.9.